The number of ether oxygens (including phenoxy) is 3. The summed E-state index contributed by atoms with van der Waals surface area (Å²) in [6.07, 6.45) is 0.736. The highest BCUT2D eigenvalue weighted by Gasteiger charge is 2.38. The third kappa shape index (κ3) is 3.21. The van der Waals surface area contributed by atoms with E-state index in [1.54, 1.807) is 19.2 Å². The Morgan fingerprint density at radius 2 is 2.00 bits per heavy atom. The minimum Gasteiger partial charge on any atom is -0.494 e. The predicted octanol–water partition coefficient (Wildman–Crippen LogP) is 3.68. The number of halogens is 1. The fourth-order valence-corrected chi connectivity index (χ4v) is 4.96. The number of hydrogen-bond donors (Lipinski definition) is 2. The van der Waals surface area contributed by atoms with E-state index in [2.05, 4.69) is 20.9 Å². The lowest BCUT2D eigenvalue weighted by Crippen LogP contribution is -2.37. The summed E-state index contributed by atoms with van der Waals surface area (Å²) in [6, 6.07) is 8.64. The second kappa shape index (κ2) is 7.95. The molecule has 1 unspecified atom stereocenters. The molecule has 166 valence electrons. The van der Waals surface area contributed by atoms with Gasteiger partial charge in [-0.05, 0) is 61.6 Å². The van der Waals surface area contributed by atoms with E-state index in [9.17, 15) is 9.90 Å². The zero-order chi connectivity index (χ0) is 22.6. The largest absolute Gasteiger partial charge is 0.494 e. The second-order valence-electron chi connectivity index (χ2n) is 7.66. The number of benzene rings is 2. The van der Waals surface area contributed by atoms with E-state index >= 15 is 0 Å². The van der Waals surface area contributed by atoms with Crippen LogP contribution in [0.1, 0.15) is 22.7 Å². The van der Waals surface area contributed by atoms with E-state index in [1.165, 1.54) is 4.57 Å². The van der Waals surface area contributed by atoms with Gasteiger partial charge >= 0.3 is 0 Å². The number of aromatic amines is 1. The van der Waals surface area contributed by atoms with E-state index in [0.29, 0.717) is 29.5 Å². The van der Waals surface area contributed by atoms with Gasteiger partial charge in [0.2, 0.25) is 18.4 Å². The summed E-state index contributed by atoms with van der Waals surface area (Å²) in [5, 5.41) is 11.4. The summed E-state index contributed by atoms with van der Waals surface area (Å²) in [5.74, 6) is 1.41. The van der Waals surface area contributed by atoms with Gasteiger partial charge < -0.3 is 19.3 Å². The van der Waals surface area contributed by atoms with Gasteiger partial charge in [-0.25, -0.2) is 0 Å². The molecule has 10 heteroatoms. The number of nitrogens with zero attached hydrogens (tertiary/aromatic N) is 2. The molecule has 3 aromatic rings. The first-order chi connectivity index (χ1) is 15.4. The Morgan fingerprint density at radius 1 is 1.25 bits per heavy atom. The van der Waals surface area contributed by atoms with Crippen LogP contribution in [0.5, 0.6) is 23.1 Å². The molecule has 8 nitrogen and oxygen atoms in total. The van der Waals surface area contributed by atoms with E-state index in [4.69, 9.17) is 26.4 Å². The fourth-order valence-electron chi connectivity index (χ4n) is 4.41. The van der Waals surface area contributed by atoms with Crippen LogP contribution in [0.2, 0.25) is 0 Å². The predicted molar refractivity (Wildman–Crippen MR) is 124 cm³/mol. The van der Waals surface area contributed by atoms with Gasteiger partial charge in [0.15, 0.2) is 16.3 Å². The van der Waals surface area contributed by atoms with Crippen molar-refractivity contribution in [1.29, 1.82) is 0 Å². The highest BCUT2D eigenvalue weighted by Crippen LogP contribution is 2.51. The van der Waals surface area contributed by atoms with Gasteiger partial charge in [0.25, 0.3) is 5.56 Å². The van der Waals surface area contributed by atoms with Crippen molar-refractivity contribution in [1.82, 2.24) is 14.5 Å². The van der Waals surface area contributed by atoms with Crippen molar-refractivity contribution in [3.8, 4) is 28.8 Å². The number of likely N-dealkylation sites (N-methyl/N-ethyl adjacent to an activating group) is 1. The second-order valence-corrected chi connectivity index (χ2v) is 8.96. The van der Waals surface area contributed by atoms with Crippen molar-refractivity contribution < 1.29 is 19.3 Å². The van der Waals surface area contributed by atoms with Crippen LogP contribution in [0.25, 0.3) is 5.69 Å². The van der Waals surface area contributed by atoms with Crippen LogP contribution in [-0.4, -0.2) is 47.1 Å². The van der Waals surface area contributed by atoms with Crippen LogP contribution in [0.15, 0.2) is 39.6 Å². The summed E-state index contributed by atoms with van der Waals surface area (Å²) in [4.78, 5) is 17.9. The number of aromatic hydroxyl groups is 1. The lowest BCUT2D eigenvalue weighted by Gasteiger charge is -2.36. The molecule has 0 spiro atoms. The molecule has 0 fully saturated rings. The highest BCUT2D eigenvalue weighted by atomic mass is 79.9. The molecule has 0 amide bonds. The molecule has 2 aliphatic heterocycles. The van der Waals surface area contributed by atoms with E-state index in [0.717, 1.165) is 22.0 Å². The molecule has 0 saturated carbocycles. The molecule has 1 atom stereocenters. The van der Waals surface area contributed by atoms with Gasteiger partial charge in [-0.2, -0.15) is 0 Å². The SMILES string of the molecule is COc1c2c(cc3c1C(c1c(O)n(-c4ccc(Br)cc4)c(=S)[nH]c1=O)N(C)CC3)OCO2. The van der Waals surface area contributed by atoms with Crippen LogP contribution in [0.3, 0.4) is 0 Å². The third-order valence-electron chi connectivity index (χ3n) is 5.87. The zero-order valence-electron chi connectivity index (χ0n) is 17.3. The number of methoxy groups -OCH3 is 1. The normalized spacial score (nSPS) is 17.3. The van der Waals surface area contributed by atoms with Crippen molar-refractivity contribution in [2.45, 2.75) is 12.5 Å². The molecule has 0 bridgehead atoms. The molecule has 2 N–H and O–H groups in total. The van der Waals surface area contributed by atoms with Gasteiger partial charge in [0.1, 0.15) is 0 Å². The molecule has 0 radical (unpaired) electrons. The minimum absolute atomic E-state index is 0.106. The van der Waals surface area contributed by atoms with Gasteiger partial charge in [-0.1, -0.05) is 15.9 Å². The smallest absolute Gasteiger partial charge is 0.260 e. The quantitative estimate of drug-likeness (QED) is 0.512. The van der Waals surface area contributed by atoms with E-state index < -0.39 is 11.6 Å². The van der Waals surface area contributed by atoms with Gasteiger partial charge in [0.05, 0.1) is 24.4 Å². The van der Waals surface area contributed by atoms with Crippen molar-refractivity contribution in [3.05, 3.63) is 66.6 Å². The average molecular weight is 518 g/mol. The van der Waals surface area contributed by atoms with Gasteiger partial charge in [0, 0.05) is 16.6 Å². The van der Waals surface area contributed by atoms with Crippen LogP contribution >= 0.6 is 28.1 Å². The number of nitrogens with one attached hydrogen (secondary N) is 1. The zero-order valence-corrected chi connectivity index (χ0v) is 19.7. The molecule has 5 rings (SSSR count). The number of aromatic nitrogens is 2. The standard InChI is InChI=1S/C22H20BrN3O5S/c1-25-8-7-11-9-14-18(31-10-30-14)19(29-2)15(11)17(25)16-20(27)24-22(32)26(21(16)28)13-5-3-12(23)4-6-13/h3-6,9,17,28H,7-8,10H2,1-2H3,(H,24,27,32). The Balaban J connectivity index is 1.78. The Kier molecular flexibility index (Phi) is 5.23. The number of fused-ring (bicyclic) bond motifs is 2. The summed E-state index contributed by atoms with van der Waals surface area (Å²) in [5.41, 5.74) is 2.10. The topological polar surface area (TPSA) is 89.0 Å². The summed E-state index contributed by atoms with van der Waals surface area (Å²) in [7, 11) is 3.46. The lowest BCUT2D eigenvalue weighted by atomic mass is 9.87. The Morgan fingerprint density at radius 3 is 2.72 bits per heavy atom. The van der Waals surface area contributed by atoms with Gasteiger partial charge in [-0.3, -0.25) is 19.2 Å². The first-order valence-corrected chi connectivity index (χ1v) is 11.1. The van der Waals surface area contributed by atoms with E-state index in [-0.39, 0.29) is 23.0 Å². The average Bonchev–Trinajstić information content (AvgIpc) is 3.23. The molecule has 1 aromatic heterocycles. The third-order valence-corrected chi connectivity index (χ3v) is 6.69. The summed E-state index contributed by atoms with van der Waals surface area (Å²) >= 11 is 8.80. The van der Waals surface area contributed by atoms with Crippen molar-refractivity contribution in [2.75, 3.05) is 27.5 Å². The van der Waals surface area contributed by atoms with Crippen molar-refractivity contribution in [3.63, 3.8) is 0 Å². The monoisotopic (exact) mass is 517 g/mol. The maximum Gasteiger partial charge on any atom is 0.260 e. The fraction of sp³-hybridized carbons (Fsp3) is 0.273. The molecular formula is C22H20BrN3O5S. The molecule has 32 heavy (non-hydrogen) atoms. The van der Waals surface area contributed by atoms with Crippen LogP contribution in [-0.2, 0) is 6.42 Å². The maximum atomic E-state index is 13.2. The van der Waals surface area contributed by atoms with Crippen LogP contribution in [0, 0.1) is 4.77 Å². The number of H-pyrrole nitrogens is 1. The number of rotatable bonds is 3. The molecule has 0 saturated heterocycles. The number of hydrogen-bond acceptors (Lipinski definition) is 7. The molecule has 2 aliphatic rings. The van der Waals surface area contributed by atoms with Crippen molar-refractivity contribution in [2.24, 2.45) is 0 Å². The molecular weight excluding hydrogens is 498 g/mol. The maximum absolute atomic E-state index is 13.2. The van der Waals surface area contributed by atoms with Crippen molar-refractivity contribution >= 4 is 28.1 Å². The Labute approximate surface area is 197 Å². The first kappa shape index (κ1) is 21.0. The first-order valence-electron chi connectivity index (χ1n) is 9.94. The Hall–Kier alpha value is -2.82. The molecule has 2 aromatic carbocycles. The molecule has 0 aliphatic carbocycles. The van der Waals surface area contributed by atoms with Gasteiger partial charge in [-0.15, -0.1) is 0 Å². The summed E-state index contributed by atoms with van der Waals surface area (Å²) < 4.78 is 19.4. The lowest BCUT2D eigenvalue weighted by molar-refractivity contribution is 0.170. The van der Waals surface area contributed by atoms with Crippen LogP contribution in [0.4, 0.5) is 0 Å². The molecule has 3 heterocycles. The minimum atomic E-state index is -0.579. The highest BCUT2D eigenvalue weighted by molar-refractivity contribution is 9.10. The van der Waals surface area contributed by atoms with E-state index in [1.807, 2.05) is 30.1 Å². The summed E-state index contributed by atoms with van der Waals surface area (Å²) in [6.45, 7) is 0.780. The Bertz CT molecular complexity index is 1340. The van der Waals surface area contributed by atoms with Crippen LogP contribution < -0.4 is 19.8 Å².